The monoisotopic (exact) mass is 223 g/mol. The minimum Gasteiger partial charge on any atom is -0.265 e. The maximum Gasteiger partial charge on any atom is 0.148 e. The number of nitrogens with zero attached hydrogens (tertiary/aromatic N) is 3. The Kier molecular flexibility index (Phi) is 2.96. The summed E-state index contributed by atoms with van der Waals surface area (Å²) in [6, 6.07) is 3.82. The Morgan fingerprint density at radius 3 is 2.57 bits per heavy atom. The van der Waals surface area contributed by atoms with Crippen molar-refractivity contribution in [1.29, 1.82) is 0 Å². The Labute approximate surface area is 90.6 Å². The summed E-state index contributed by atoms with van der Waals surface area (Å²) in [5.74, 6) is 0. The maximum absolute atomic E-state index is 5.71. The summed E-state index contributed by atoms with van der Waals surface area (Å²) in [4.78, 5) is 13.1. The second kappa shape index (κ2) is 4.39. The first kappa shape index (κ1) is 9.43. The summed E-state index contributed by atoms with van der Waals surface area (Å²) in [6.45, 7) is 0. The minimum atomic E-state index is 0.407. The van der Waals surface area contributed by atoms with E-state index in [1.807, 2.05) is 12.1 Å². The van der Waals surface area contributed by atoms with Crippen molar-refractivity contribution in [3.8, 4) is 0 Å². The van der Waals surface area contributed by atoms with Gasteiger partial charge in [0.15, 0.2) is 0 Å². The molecule has 0 unspecified atom stereocenters. The SMILES string of the molecule is Clc1cncc(Sc2ccncc2)n1. The van der Waals surface area contributed by atoms with Gasteiger partial charge in [0.05, 0.1) is 12.4 Å². The fourth-order valence-electron chi connectivity index (χ4n) is 0.902. The molecule has 5 heteroatoms. The van der Waals surface area contributed by atoms with Gasteiger partial charge in [-0.1, -0.05) is 23.4 Å². The average molecular weight is 224 g/mol. The van der Waals surface area contributed by atoms with E-state index in [0.29, 0.717) is 5.15 Å². The van der Waals surface area contributed by atoms with Gasteiger partial charge >= 0.3 is 0 Å². The van der Waals surface area contributed by atoms with Crippen molar-refractivity contribution >= 4 is 23.4 Å². The Balaban J connectivity index is 2.19. The van der Waals surface area contributed by atoms with E-state index in [4.69, 9.17) is 11.6 Å². The Morgan fingerprint density at radius 2 is 1.86 bits per heavy atom. The quantitative estimate of drug-likeness (QED) is 0.785. The topological polar surface area (TPSA) is 38.7 Å². The molecule has 0 aromatic carbocycles. The van der Waals surface area contributed by atoms with Gasteiger partial charge in [0.1, 0.15) is 10.2 Å². The zero-order valence-electron chi connectivity index (χ0n) is 7.09. The molecule has 0 aliphatic heterocycles. The van der Waals surface area contributed by atoms with Gasteiger partial charge < -0.3 is 0 Å². The number of aromatic nitrogens is 3. The van der Waals surface area contributed by atoms with Crippen LogP contribution in [0.4, 0.5) is 0 Å². The molecular formula is C9H6ClN3S. The molecule has 2 heterocycles. The van der Waals surface area contributed by atoms with Crippen LogP contribution in [-0.4, -0.2) is 15.0 Å². The molecule has 3 nitrogen and oxygen atoms in total. The third-order valence-electron chi connectivity index (χ3n) is 1.46. The predicted molar refractivity (Wildman–Crippen MR) is 55.4 cm³/mol. The number of hydrogen-bond acceptors (Lipinski definition) is 4. The molecule has 0 aliphatic rings. The Bertz CT molecular complexity index is 421. The lowest BCUT2D eigenvalue weighted by Crippen LogP contribution is -1.83. The highest BCUT2D eigenvalue weighted by Gasteiger charge is 1.99. The van der Waals surface area contributed by atoms with Gasteiger partial charge in [-0.15, -0.1) is 0 Å². The maximum atomic E-state index is 5.71. The summed E-state index contributed by atoms with van der Waals surface area (Å²) in [7, 11) is 0. The largest absolute Gasteiger partial charge is 0.265 e. The Morgan fingerprint density at radius 1 is 1.07 bits per heavy atom. The van der Waals surface area contributed by atoms with Gasteiger partial charge in [-0.2, -0.15) is 0 Å². The highest BCUT2D eigenvalue weighted by Crippen LogP contribution is 2.24. The molecule has 0 amide bonds. The van der Waals surface area contributed by atoms with Gasteiger partial charge in [-0.3, -0.25) is 9.97 Å². The van der Waals surface area contributed by atoms with Crippen LogP contribution in [0.5, 0.6) is 0 Å². The lowest BCUT2D eigenvalue weighted by molar-refractivity contribution is 1.05. The summed E-state index contributed by atoms with van der Waals surface area (Å²) in [5, 5.41) is 1.19. The molecule has 2 aromatic heterocycles. The van der Waals surface area contributed by atoms with Crippen LogP contribution in [0, 0.1) is 0 Å². The summed E-state index contributed by atoms with van der Waals surface area (Å²) in [6.07, 6.45) is 6.66. The van der Waals surface area contributed by atoms with E-state index in [0.717, 1.165) is 9.92 Å². The predicted octanol–water partition coefficient (Wildman–Crippen LogP) is 2.68. The first-order valence-electron chi connectivity index (χ1n) is 3.90. The lowest BCUT2D eigenvalue weighted by atomic mass is 10.5. The summed E-state index contributed by atoms with van der Waals surface area (Å²) < 4.78 is 0. The molecule has 2 rings (SSSR count). The second-order valence-electron chi connectivity index (χ2n) is 2.47. The summed E-state index contributed by atoms with van der Waals surface area (Å²) >= 11 is 7.22. The van der Waals surface area contributed by atoms with Crippen LogP contribution in [0.2, 0.25) is 5.15 Å². The van der Waals surface area contributed by atoms with Gasteiger partial charge in [-0.25, -0.2) is 4.98 Å². The van der Waals surface area contributed by atoms with E-state index in [2.05, 4.69) is 15.0 Å². The number of pyridine rings is 1. The average Bonchev–Trinajstić information content (AvgIpc) is 2.19. The number of rotatable bonds is 2. The fraction of sp³-hybridized carbons (Fsp3) is 0. The molecule has 14 heavy (non-hydrogen) atoms. The zero-order chi connectivity index (χ0) is 9.80. The van der Waals surface area contributed by atoms with Crippen molar-refractivity contribution in [2.45, 2.75) is 9.92 Å². The van der Waals surface area contributed by atoms with Crippen molar-refractivity contribution in [2.24, 2.45) is 0 Å². The number of halogens is 1. The molecule has 0 N–H and O–H groups in total. The van der Waals surface area contributed by atoms with E-state index in [9.17, 15) is 0 Å². The van der Waals surface area contributed by atoms with Gasteiger partial charge in [0.25, 0.3) is 0 Å². The van der Waals surface area contributed by atoms with E-state index >= 15 is 0 Å². The highest BCUT2D eigenvalue weighted by molar-refractivity contribution is 7.99. The van der Waals surface area contributed by atoms with E-state index < -0.39 is 0 Å². The summed E-state index contributed by atoms with van der Waals surface area (Å²) in [5.41, 5.74) is 0. The number of hydrogen-bond donors (Lipinski definition) is 0. The first-order valence-corrected chi connectivity index (χ1v) is 5.09. The van der Waals surface area contributed by atoms with Crippen LogP contribution in [-0.2, 0) is 0 Å². The standard InChI is InChI=1S/C9H6ClN3S/c10-8-5-12-6-9(13-8)14-7-1-3-11-4-2-7/h1-6H. The normalized spacial score (nSPS) is 10.1. The fourth-order valence-corrected chi connectivity index (χ4v) is 1.86. The van der Waals surface area contributed by atoms with Crippen molar-refractivity contribution in [3.05, 3.63) is 42.1 Å². The molecule has 70 valence electrons. The molecule has 0 saturated carbocycles. The van der Waals surface area contributed by atoms with E-state index in [1.165, 1.54) is 18.0 Å². The third-order valence-corrected chi connectivity index (χ3v) is 2.55. The van der Waals surface area contributed by atoms with Gasteiger partial charge in [0.2, 0.25) is 0 Å². The lowest BCUT2D eigenvalue weighted by Gasteiger charge is -1.98. The van der Waals surface area contributed by atoms with Gasteiger partial charge in [0, 0.05) is 17.3 Å². The van der Waals surface area contributed by atoms with Crippen LogP contribution in [0.25, 0.3) is 0 Å². The van der Waals surface area contributed by atoms with Crippen LogP contribution in [0.15, 0.2) is 46.8 Å². The van der Waals surface area contributed by atoms with Crippen LogP contribution in [0.1, 0.15) is 0 Å². The van der Waals surface area contributed by atoms with Crippen LogP contribution < -0.4 is 0 Å². The van der Waals surface area contributed by atoms with Crippen molar-refractivity contribution in [1.82, 2.24) is 15.0 Å². The Hall–Kier alpha value is -1.13. The van der Waals surface area contributed by atoms with Crippen molar-refractivity contribution in [2.75, 3.05) is 0 Å². The highest BCUT2D eigenvalue weighted by atomic mass is 35.5. The molecule has 0 fully saturated rings. The van der Waals surface area contributed by atoms with Gasteiger partial charge in [-0.05, 0) is 12.1 Å². The van der Waals surface area contributed by atoms with Crippen LogP contribution >= 0.6 is 23.4 Å². The molecule has 0 saturated heterocycles. The molecule has 0 spiro atoms. The van der Waals surface area contributed by atoms with Crippen LogP contribution in [0.3, 0.4) is 0 Å². The smallest absolute Gasteiger partial charge is 0.148 e. The minimum absolute atomic E-state index is 0.407. The van der Waals surface area contributed by atoms with Crippen molar-refractivity contribution < 1.29 is 0 Å². The molecule has 0 atom stereocenters. The molecule has 0 bridgehead atoms. The molecule has 2 aromatic rings. The van der Waals surface area contributed by atoms with E-state index in [-0.39, 0.29) is 0 Å². The first-order chi connectivity index (χ1) is 6.84. The van der Waals surface area contributed by atoms with Crippen molar-refractivity contribution in [3.63, 3.8) is 0 Å². The second-order valence-corrected chi connectivity index (χ2v) is 3.95. The zero-order valence-corrected chi connectivity index (χ0v) is 8.66. The van der Waals surface area contributed by atoms with E-state index in [1.54, 1.807) is 18.6 Å². The molecular weight excluding hydrogens is 218 g/mol. The third kappa shape index (κ3) is 2.43. The molecule has 0 aliphatic carbocycles. The molecule has 0 radical (unpaired) electrons.